The summed E-state index contributed by atoms with van der Waals surface area (Å²) >= 11 is 12.2. The lowest BCUT2D eigenvalue weighted by Gasteiger charge is -2.31. The van der Waals surface area contributed by atoms with Gasteiger partial charge in [0.2, 0.25) is 0 Å². The average molecular weight is 414 g/mol. The van der Waals surface area contributed by atoms with Gasteiger partial charge in [0.15, 0.2) is 0 Å². The predicted molar refractivity (Wildman–Crippen MR) is 117 cm³/mol. The molecule has 1 fully saturated rings. The maximum absolute atomic E-state index is 6.14. The van der Waals surface area contributed by atoms with Gasteiger partial charge < -0.3 is 9.88 Å². The van der Waals surface area contributed by atoms with Crippen molar-refractivity contribution < 1.29 is 0 Å². The summed E-state index contributed by atoms with van der Waals surface area (Å²) in [6.45, 7) is 3.46. The van der Waals surface area contributed by atoms with E-state index < -0.39 is 0 Å². The second kappa shape index (κ2) is 9.13. The number of rotatable bonds is 6. The summed E-state index contributed by atoms with van der Waals surface area (Å²) < 4.78 is 0. The molecular formula is C23H25Cl2N3. The van der Waals surface area contributed by atoms with E-state index in [1.54, 1.807) is 0 Å². The summed E-state index contributed by atoms with van der Waals surface area (Å²) in [6.07, 6.45) is 6.59. The molecule has 0 radical (unpaired) electrons. The molecule has 1 aliphatic heterocycles. The largest absolute Gasteiger partial charge is 0.342 e. The smallest absolute Gasteiger partial charge is 0.109 e. The van der Waals surface area contributed by atoms with Crippen LogP contribution in [-0.2, 0) is 6.42 Å². The number of hydrogen-bond donors (Lipinski definition) is 1. The van der Waals surface area contributed by atoms with Gasteiger partial charge in [0.05, 0.1) is 21.9 Å². The van der Waals surface area contributed by atoms with Gasteiger partial charge >= 0.3 is 0 Å². The number of imidazole rings is 1. The maximum Gasteiger partial charge on any atom is 0.109 e. The molecular weight excluding hydrogens is 389 g/mol. The summed E-state index contributed by atoms with van der Waals surface area (Å²) in [6, 6.07) is 16.4. The predicted octanol–water partition coefficient (Wildman–Crippen LogP) is 6.20. The molecule has 0 amide bonds. The van der Waals surface area contributed by atoms with Crippen molar-refractivity contribution >= 4 is 23.2 Å². The van der Waals surface area contributed by atoms with Crippen molar-refractivity contribution in [3.05, 3.63) is 76.2 Å². The number of benzene rings is 2. The molecule has 5 heteroatoms. The van der Waals surface area contributed by atoms with E-state index in [0.717, 1.165) is 49.4 Å². The Labute approximate surface area is 176 Å². The van der Waals surface area contributed by atoms with Gasteiger partial charge in [0, 0.05) is 11.5 Å². The molecule has 2 heterocycles. The number of halogens is 2. The fourth-order valence-electron chi connectivity index (χ4n) is 3.94. The summed E-state index contributed by atoms with van der Waals surface area (Å²) in [4.78, 5) is 10.7. The first-order chi connectivity index (χ1) is 13.7. The van der Waals surface area contributed by atoms with E-state index in [4.69, 9.17) is 23.2 Å². The summed E-state index contributed by atoms with van der Waals surface area (Å²) in [5.41, 5.74) is 3.45. The van der Waals surface area contributed by atoms with Crippen LogP contribution >= 0.6 is 23.2 Å². The lowest BCUT2D eigenvalue weighted by molar-refractivity contribution is 0.207. The molecule has 0 bridgehead atoms. The van der Waals surface area contributed by atoms with Gasteiger partial charge in [-0.3, -0.25) is 0 Å². The van der Waals surface area contributed by atoms with Crippen LogP contribution in [0.5, 0.6) is 0 Å². The van der Waals surface area contributed by atoms with Crippen LogP contribution < -0.4 is 0 Å². The van der Waals surface area contributed by atoms with E-state index in [1.807, 2.05) is 24.4 Å². The van der Waals surface area contributed by atoms with Crippen LogP contribution in [0, 0.1) is 0 Å². The van der Waals surface area contributed by atoms with Gasteiger partial charge in [-0.1, -0.05) is 59.6 Å². The highest BCUT2D eigenvalue weighted by atomic mass is 35.5. The number of H-pyrrole nitrogens is 1. The third-order valence-electron chi connectivity index (χ3n) is 5.58. The average Bonchev–Trinajstić information content (AvgIpc) is 3.22. The number of nitrogens with zero attached hydrogens (tertiary/aromatic N) is 2. The minimum absolute atomic E-state index is 0.502. The Morgan fingerprint density at radius 3 is 2.54 bits per heavy atom. The molecule has 3 aromatic rings. The van der Waals surface area contributed by atoms with Gasteiger partial charge in [-0.05, 0) is 63.0 Å². The van der Waals surface area contributed by atoms with Gasteiger partial charge in [-0.2, -0.15) is 0 Å². The van der Waals surface area contributed by atoms with E-state index >= 15 is 0 Å². The monoisotopic (exact) mass is 413 g/mol. The molecule has 28 heavy (non-hydrogen) atoms. The molecule has 0 saturated carbocycles. The number of aryl methyl sites for hydroxylation is 1. The molecule has 4 rings (SSSR count). The Kier molecular flexibility index (Phi) is 6.36. The van der Waals surface area contributed by atoms with Crippen LogP contribution in [0.15, 0.2) is 54.7 Å². The van der Waals surface area contributed by atoms with E-state index in [9.17, 15) is 0 Å². The van der Waals surface area contributed by atoms with E-state index in [2.05, 4.69) is 45.2 Å². The maximum atomic E-state index is 6.14. The highest BCUT2D eigenvalue weighted by Gasteiger charge is 2.22. The van der Waals surface area contributed by atoms with Crippen molar-refractivity contribution in [2.24, 2.45) is 0 Å². The Balaban J connectivity index is 1.28. The minimum atomic E-state index is 0.502. The SMILES string of the molecule is Clc1ccc(-c2cnc(C3CCN(CCCc4ccccc4)CC3)[nH]2)cc1Cl. The van der Waals surface area contributed by atoms with Crippen molar-refractivity contribution in [2.75, 3.05) is 19.6 Å². The lowest BCUT2D eigenvalue weighted by atomic mass is 9.96. The lowest BCUT2D eigenvalue weighted by Crippen LogP contribution is -2.34. The first kappa shape index (κ1) is 19.5. The molecule has 0 spiro atoms. The number of piperidine rings is 1. The van der Waals surface area contributed by atoms with Crippen LogP contribution in [0.4, 0.5) is 0 Å². The highest BCUT2D eigenvalue weighted by Crippen LogP contribution is 2.30. The van der Waals surface area contributed by atoms with Crippen molar-refractivity contribution in [3.8, 4) is 11.3 Å². The van der Waals surface area contributed by atoms with Gasteiger partial charge in [-0.25, -0.2) is 4.98 Å². The third kappa shape index (κ3) is 4.78. The number of hydrogen-bond acceptors (Lipinski definition) is 2. The summed E-state index contributed by atoms with van der Waals surface area (Å²) in [5, 5.41) is 1.14. The summed E-state index contributed by atoms with van der Waals surface area (Å²) in [7, 11) is 0. The normalized spacial score (nSPS) is 15.8. The van der Waals surface area contributed by atoms with Crippen molar-refractivity contribution in [3.63, 3.8) is 0 Å². The molecule has 146 valence electrons. The Morgan fingerprint density at radius 2 is 1.79 bits per heavy atom. The Bertz CT molecular complexity index is 899. The summed E-state index contributed by atoms with van der Waals surface area (Å²) in [5.74, 6) is 1.59. The Morgan fingerprint density at radius 1 is 1.00 bits per heavy atom. The van der Waals surface area contributed by atoms with Crippen LogP contribution in [0.3, 0.4) is 0 Å². The quantitative estimate of drug-likeness (QED) is 0.521. The molecule has 1 aromatic heterocycles. The van der Waals surface area contributed by atoms with Gasteiger partial charge in [-0.15, -0.1) is 0 Å². The zero-order chi connectivity index (χ0) is 19.3. The molecule has 2 aromatic carbocycles. The van der Waals surface area contributed by atoms with Crippen LogP contribution in [-0.4, -0.2) is 34.5 Å². The molecule has 0 atom stereocenters. The first-order valence-electron chi connectivity index (χ1n) is 9.95. The van der Waals surface area contributed by atoms with Crippen molar-refractivity contribution in [1.82, 2.24) is 14.9 Å². The molecule has 1 N–H and O–H groups in total. The first-order valence-corrected chi connectivity index (χ1v) is 10.7. The highest BCUT2D eigenvalue weighted by molar-refractivity contribution is 6.42. The number of aromatic nitrogens is 2. The van der Waals surface area contributed by atoms with Crippen LogP contribution in [0.2, 0.25) is 10.0 Å². The molecule has 1 saturated heterocycles. The number of likely N-dealkylation sites (tertiary alicyclic amines) is 1. The zero-order valence-corrected chi connectivity index (χ0v) is 17.4. The number of nitrogens with one attached hydrogen (secondary N) is 1. The molecule has 1 aliphatic rings. The standard InChI is InChI=1S/C23H25Cl2N3/c24-20-9-8-19(15-21(20)25)22-16-26-23(27-22)18-10-13-28(14-11-18)12-4-7-17-5-2-1-3-6-17/h1-3,5-6,8-9,15-16,18H,4,7,10-14H2,(H,26,27). The second-order valence-electron chi connectivity index (χ2n) is 7.52. The number of aromatic amines is 1. The van der Waals surface area contributed by atoms with Crippen LogP contribution in [0.1, 0.15) is 36.6 Å². The van der Waals surface area contributed by atoms with Crippen LogP contribution in [0.25, 0.3) is 11.3 Å². The Hall–Kier alpha value is -1.81. The third-order valence-corrected chi connectivity index (χ3v) is 6.32. The van der Waals surface area contributed by atoms with Gasteiger partial charge in [0.25, 0.3) is 0 Å². The van der Waals surface area contributed by atoms with Crippen molar-refractivity contribution in [1.29, 1.82) is 0 Å². The molecule has 0 aliphatic carbocycles. The van der Waals surface area contributed by atoms with E-state index in [1.165, 1.54) is 18.5 Å². The fourth-order valence-corrected chi connectivity index (χ4v) is 4.23. The fraction of sp³-hybridized carbons (Fsp3) is 0.348. The zero-order valence-electron chi connectivity index (χ0n) is 15.9. The second-order valence-corrected chi connectivity index (χ2v) is 8.33. The van der Waals surface area contributed by atoms with E-state index in [-0.39, 0.29) is 0 Å². The molecule has 0 unspecified atom stereocenters. The topological polar surface area (TPSA) is 31.9 Å². The van der Waals surface area contributed by atoms with Gasteiger partial charge in [0.1, 0.15) is 5.82 Å². The minimum Gasteiger partial charge on any atom is -0.342 e. The van der Waals surface area contributed by atoms with E-state index in [0.29, 0.717) is 16.0 Å². The molecule has 3 nitrogen and oxygen atoms in total. The van der Waals surface area contributed by atoms with Crippen molar-refractivity contribution in [2.45, 2.75) is 31.6 Å².